The highest BCUT2D eigenvalue weighted by molar-refractivity contribution is 6.31. The first kappa shape index (κ1) is 10.6. The van der Waals surface area contributed by atoms with Crippen molar-refractivity contribution >= 4 is 34.2 Å². The van der Waals surface area contributed by atoms with Crippen molar-refractivity contribution < 1.29 is 4.79 Å². The summed E-state index contributed by atoms with van der Waals surface area (Å²) in [5.74, 6) is 0.553. The number of nitrogens with two attached hydrogens (primary N) is 1. The first-order valence-electron chi connectivity index (χ1n) is 5.78. The Morgan fingerprint density at radius 3 is 2.79 bits per heavy atom. The molecule has 0 fully saturated rings. The molecule has 0 atom stereocenters. The van der Waals surface area contributed by atoms with E-state index in [4.69, 9.17) is 17.3 Å². The number of aromatic nitrogens is 2. The number of halogens is 1. The minimum Gasteiger partial charge on any atom is -0.399 e. The molecule has 0 amide bonds. The fraction of sp³-hybridized carbons (Fsp3) is 0. The molecule has 4 rings (SSSR count). The van der Waals surface area contributed by atoms with Gasteiger partial charge >= 0.3 is 0 Å². The second kappa shape index (κ2) is 3.36. The molecule has 1 aliphatic rings. The highest BCUT2D eigenvalue weighted by Crippen LogP contribution is 2.36. The van der Waals surface area contributed by atoms with Gasteiger partial charge in [0.2, 0.25) is 0 Å². The molecule has 3 aromatic rings. The van der Waals surface area contributed by atoms with Crippen LogP contribution in [0.15, 0.2) is 36.4 Å². The zero-order chi connectivity index (χ0) is 13.1. The Hall–Kier alpha value is -2.33. The van der Waals surface area contributed by atoms with E-state index in [9.17, 15) is 4.79 Å². The van der Waals surface area contributed by atoms with Gasteiger partial charge < -0.3 is 5.73 Å². The molecule has 19 heavy (non-hydrogen) atoms. The van der Waals surface area contributed by atoms with Crippen LogP contribution in [0.25, 0.3) is 22.4 Å². The molecule has 0 bridgehead atoms. The van der Waals surface area contributed by atoms with Crippen molar-refractivity contribution in [3.8, 4) is 11.4 Å². The maximum Gasteiger partial charge on any atom is 0.264 e. The average molecular weight is 270 g/mol. The molecule has 0 aliphatic carbocycles. The van der Waals surface area contributed by atoms with Crippen LogP contribution < -0.4 is 5.73 Å². The number of hydrogen-bond donors (Lipinski definition) is 1. The van der Waals surface area contributed by atoms with Gasteiger partial charge in [-0.05, 0) is 36.4 Å². The van der Waals surface area contributed by atoms with Crippen LogP contribution in [0.1, 0.15) is 10.4 Å². The third kappa shape index (κ3) is 1.29. The number of carbonyl (C=O) groups is 1. The van der Waals surface area contributed by atoms with Gasteiger partial charge in [-0.1, -0.05) is 11.6 Å². The van der Waals surface area contributed by atoms with E-state index in [-0.39, 0.29) is 5.91 Å². The third-order valence-electron chi connectivity index (χ3n) is 3.33. The standard InChI is InChI=1S/C14H8ClN3O/c15-7-1-3-9-10(5-7)14(19)18-12-4-2-8(16)6-11(12)17-13(9)18/h1-6H,16H2. The summed E-state index contributed by atoms with van der Waals surface area (Å²) in [6.07, 6.45) is 0. The molecule has 0 radical (unpaired) electrons. The summed E-state index contributed by atoms with van der Waals surface area (Å²) in [6.45, 7) is 0. The summed E-state index contributed by atoms with van der Waals surface area (Å²) >= 11 is 5.94. The Morgan fingerprint density at radius 1 is 1.11 bits per heavy atom. The summed E-state index contributed by atoms with van der Waals surface area (Å²) in [7, 11) is 0. The molecule has 4 nitrogen and oxygen atoms in total. The van der Waals surface area contributed by atoms with E-state index < -0.39 is 0 Å². The van der Waals surface area contributed by atoms with Gasteiger partial charge in [0.25, 0.3) is 5.91 Å². The van der Waals surface area contributed by atoms with Gasteiger partial charge in [0.1, 0.15) is 5.82 Å². The molecule has 1 aromatic heterocycles. The van der Waals surface area contributed by atoms with E-state index >= 15 is 0 Å². The van der Waals surface area contributed by atoms with Gasteiger partial charge in [-0.15, -0.1) is 0 Å². The molecular formula is C14H8ClN3O. The largest absolute Gasteiger partial charge is 0.399 e. The van der Waals surface area contributed by atoms with E-state index in [1.54, 1.807) is 28.8 Å². The van der Waals surface area contributed by atoms with Crippen molar-refractivity contribution in [2.75, 3.05) is 5.73 Å². The maximum atomic E-state index is 12.4. The number of carbonyl (C=O) groups excluding carboxylic acids is 1. The van der Waals surface area contributed by atoms with Crippen LogP contribution in [0.3, 0.4) is 0 Å². The Kier molecular flexibility index (Phi) is 1.87. The number of anilines is 1. The SMILES string of the molecule is Nc1ccc2c(c1)nc1n2C(=O)c2cc(Cl)ccc2-1. The molecule has 0 saturated heterocycles. The summed E-state index contributed by atoms with van der Waals surface area (Å²) in [5.41, 5.74) is 9.26. The Labute approximate surface area is 113 Å². The first-order chi connectivity index (χ1) is 9.15. The van der Waals surface area contributed by atoms with Gasteiger partial charge in [-0.3, -0.25) is 9.36 Å². The second-order valence-electron chi connectivity index (χ2n) is 4.51. The van der Waals surface area contributed by atoms with Crippen LogP contribution in [0, 0.1) is 0 Å². The van der Waals surface area contributed by atoms with Crippen molar-refractivity contribution in [2.24, 2.45) is 0 Å². The number of hydrogen-bond acceptors (Lipinski definition) is 3. The van der Waals surface area contributed by atoms with Gasteiger partial charge in [0.05, 0.1) is 16.6 Å². The zero-order valence-electron chi connectivity index (χ0n) is 9.72. The van der Waals surface area contributed by atoms with E-state index in [0.717, 1.165) is 16.6 Å². The summed E-state index contributed by atoms with van der Waals surface area (Å²) in [4.78, 5) is 16.9. The van der Waals surface area contributed by atoms with E-state index in [1.807, 2.05) is 12.1 Å². The fourth-order valence-electron chi connectivity index (χ4n) is 2.49. The smallest absolute Gasteiger partial charge is 0.264 e. The van der Waals surface area contributed by atoms with Crippen LogP contribution in [0.4, 0.5) is 5.69 Å². The number of nitrogens with zero attached hydrogens (tertiary/aromatic N) is 2. The molecular weight excluding hydrogens is 262 g/mol. The number of rotatable bonds is 0. The molecule has 2 N–H and O–H groups in total. The molecule has 0 unspecified atom stereocenters. The van der Waals surface area contributed by atoms with Crippen LogP contribution in [-0.4, -0.2) is 15.5 Å². The van der Waals surface area contributed by atoms with Crippen molar-refractivity contribution in [1.29, 1.82) is 0 Å². The number of benzene rings is 2. The molecule has 2 aromatic carbocycles. The zero-order valence-corrected chi connectivity index (χ0v) is 10.5. The minimum atomic E-state index is -0.0974. The highest BCUT2D eigenvalue weighted by Gasteiger charge is 2.30. The topological polar surface area (TPSA) is 60.9 Å². The lowest BCUT2D eigenvalue weighted by molar-refractivity contribution is 0.0973. The van der Waals surface area contributed by atoms with E-state index in [2.05, 4.69) is 4.98 Å². The second-order valence-corrected chi connectivity index (χ2v) is 4.95. The van der Waals surface area contributed by atoms with Crippen LogP contribution in [-0.2, 0) is 0 Å². The predicted octanol–water partition coefficient (Wildman–Crippen LogP) is 2.94. The third-order valence-corrected chi connectivity index (χ3v) is 3.57. The molecule has 1 aliphatic heterocycles. The number of fused-ring (bicyclic) bond motifs is 5. The summed E-state index contributed by atoms with van der Waals surface area (Å²) in [6, 6.07) is 10.6. The van der Waals surface area contributed by atoms with Crippen molar-refractivity contribution in [2.45, 2.75) is 0 Å². The van der Waals surface area contributed by atoms with E-state index in [1.165, 1.54) is 0 Å². The summed E-state index contributed by atoms with van der Waals surface area (Å²) < 4.78 is 1.61. The Morgan fingerprint density at radius 2 is 1.95 bits per heavy atom. The molecule has 0 spiro atoms. The van der Waals surface area contributed by atoms with Gasteiger partial charge in [0.15, 0.2) is 0 Å². The number of nitrogen functional groups attached to an aromatic ring is 1. The van der Waals surface area contributed by atoms with Crippen molar-refractivity contribution in [1.82, 2.24) is 9.55 Å². The monoisotopic (exact) mass is 269 g/mol. The minimum absolute atomic E-state index is 0.0974. The Balaban J connectivity index is 2.11. The van der Waals surface area contributed by atoms with Crippen molar-refractivity contribution in [3.05, 3.63) is 47.0 Å². The van der Waals surface area contributed by atoms with Crippen molar-refractivity contribution in [3.63, 3.8) is 0 Å². The fourth-order valence-corrected chi connectivity index (χ4v) is 2.66. The van der Waals surface area contributed by atoms with Crippen LogP contribution in [0.2, 0.25) is 5.02 Å². The molecule has 2 heterocycles. The predicted molar refractivity (Wildman–Crippen MR) is 74.3 cm³/mol. The average Bonchev–Trinajstić information content (AvgIpc) is 2.86. The normalized spacial score (nSPS) is 12.8. The first-order valence-corrected chi connectivity index (χ1v) is 6.15. The number of imidazole rings is 1. The molecule has 92 valence electrons. The Bertz CT molecular complexity index is 866. The van der Waals surface area contributed by atoms with Crippen LogP contribution >= 0.6 is 11.6 Å². The maximum absolute atomic E-state index is 12.4. The van der Waals surface area contributed by atoms with Gasteiger partial charge in [-0.25, -0.2) is 4.98 Å². The quantitative estimate of drug-likeness (QED) is 0.499. The lowest BCUT2D eigenvalue weighted by Crippen LogP contribution is -2.05. The van der Waals surface area contributed by atoms with Gasteiger partial charge in [-0.2, -0.15) is 0 Å². The highest BCUT2D eigenvalue weighted by atomic mass is 35.5. The summed E-state index contributed by atoms with van der Waals surface area (Å²) in [5, 5.41) is 0.548. The molecule has 0 saturated carbocycles. The lowest BCUT2D eigenvalue weighted by atomic mass is 10.1. The van der Waals surface area contributed by atoms with E-state index in [0.29, 0.717) is 22.1 Å². The van der Waals surface area contributed by atoms with Gasteiger partial charge in [0, 0.05) is 16.3 Å². The van der Waals surface area contributed by atoms with Crippen LogP contribution in [0.5, 0.6) is 0 Å². The lowest BCUT2D eigenvalue weighted by Gasteiger charge is -1.99. The molecule has 5 heteroatoms.